The van der Waals surface area contributed by atoms with Crippen molar-refractivity contribution in [2.24, 2.45) is 0 Å². The summed E-state index contributed by atoms with van der Waals surface area (Å²) >= 11 is 0. The Morgan fingerprint density at radius 2 is 1.84 bits per heavy atom. The first kappa shape index (κ1) is 16.9. The molecule has 4 heteroatoms. The third-order valence-electron chi connectivity index (χ3n) is 3.92. The summed E-state index contributed by atoms with van der Waals surface area (Å²) in [5.74, 6) is 6.99. The zero-order chi connectivity index (χ0) is 17.8. The monoisotopic (exact) mass is 331 g/mol. The van der Waals surface area contributed by atoms with Crippen LogP contribution in [0.25, 0.3) is 16.6 Å². The van der Waals surface area contributed by atoms with Gasteiger partial charge in [0.15, 0.2) is 0 Å². The number of aromatic nitrogens is 2. The highest BCUT2D eigenvalue weighted by atomic mass is 16.1. The number of hydrogen-bond acceptors (Lipinski definition) is 3. The SMILES string of the molecule is CCc1nc2cccc(C#CCN(C)C)c2c(=O)n1-c1ccccc1. The summed E-state index contributed by atoms with van der Waals surface area (Å²) in [5.41, 5.74) is 2.19. The maximum Gasteiger partial charge on any atom is 0.267 e. The van der Waals surface area contributed by atoms with E-state index in [1.165, 1.54) is 0 Å². The van der Waals surface area contributed by atoms with Gasteiger partial charge in [-0.25, -0.2) is 4.98 Å². The van der Waals surface area contributed by atoms with Crippen molar-refractivity contribution < 1.29 is 0 Å². The van der Waals surface area contributed by atoms with E-state index >= 15 is 0 Å². The van der Waals surface area contributed by atoms with Crippen molar-refractivity contribution in [3.8, 4) is 17.5 Å². The van der Waals surface area contributed by atoms with Crippen molar-refractivity contribution in [2.75, 3.05) is 20.6 Å². The third-order valence-corrected chi connectivity index (χ3v) is 3.92. The molecule has 0 aliphatic carbocycles. The van der Waals surface area contributed by atoms with Crippen molar-refractivity contribution in [2.45, 2.75) is 13.3 Å². The van der Waals surface area contributed by atoms with Crippen LogP contribution in [0.3, 0.4) is 0 Å². The molecule has 0 radical (unpaired) electrons. The minimum absolute atomic E-state index is 0.0668. The molecule has 0 saturated carbocycles. The molecule has 0 spiro atoms. The van der Waals surface area contributed by atoms with E-state index in [-0.39, 0.29) is 5.56 Å². The quantitative estimate of drug-likeness (QED) is 0.693. The van der Waals surface area contributed by atoms with Gasteiger partial charge in [-0.05, 0) is 38.4 Å². The van der Waals surface area contributed by atoms with Gasteiger partial charge in [0.2, 0.25) is 0 Å². The smallest absolute Gasteiger partial charge is 0.267 e. The Morgan fingerprint density at radius 1 is 1.08 bits per heavy atom. The van der Waals surface area contributed by atoms with Gasteiger partial charge in [-0.1, -0.05) is 43.0 Å². The lowest BCUT2D eigenvalue weighted by atomic mass is 10.1. The number of benzene rings is 2. The molecule has 0 unspecified atom stereocenters. The number of nitrogens with zero attached hydrogens (tertiary/aromatic N) is 3. The van der Waals surface area contributed by atoms with Crippen LogP contribution in [-0.2, 0) is 6.42 Å². The normalized spacial score (nSPS) is 10.7. The van der Waals surface area contributed by atoms with E-state index in [1.54, 1.807) is 4.57 Å². The third kappa shape index (κ3) is 3.47. The standard InChI is InChI=1S/C21H21N3O/c1-4-19-22-18-14-8-10-16(11-9-15-23(2)3)20(18)21(25)24(19)17-12-6-5-7-13-17/h5-8,10,12-14H,4,15H2,1-3H3. The van der Waals surface area contributed by atoms with E-state index in [4.69, 9.17) is 4.98 Å². The van der Waals surface area contributed by atoms with Gasteiger partial charge in [0.05, 0.1) is 23.1 Å². The molecule has 2 aromatic carbocycles. The average molecular weight is 331 g/mol. The molecular weight excluding hydrogens is 310 g/mol. The molecule has 1 heterocycles. The first-order valence-corrected chi connectivity index (χ1v) is 8.35. The summed E-state index contributed by atoms with van der Waals surface area (Å²) < 4.78 is 1.69. The molecule has 0 N–H and O–H groups in total. The van der Waals surface area contributed by atoms with Crippen molar-refractivity contribution >= 4 is 10.9 Å². The molecule has 25 heavy (non-hydrogen) atoms. The molecule has 0 fully saturated rings. The molecule has 3 rings (SSSR count). The molecule has 0 bridgehead atoms. The van der Waals surface area contributed by atoms with Crippen molar-refractivity contribution in [3.05, 3.63) is 70.3 Å². The molecule has 1 aromatic heterocycles. The van der Waals surface area contributed by atoms with Crippen LogP contribution in [-0.4, -0.2) is 35.1 Å². The highest BCUT2D eigenvalue weighted by Gasteiger charge is 2.13. The van der Waals surface area contributed by atoms with Gasteiger partial charge in [0.25, 0.3) is 5.56 Å². The Hall–Kier alpha value is -2.90. The second kappa shape index (κ2) is 7.33. The Bertz CT molecular complexity index is 1010. The number of hydrogen-bond donors (Lipinski definition) is 0. The predicted molar refractivity (Wildman–Crippen MR) is 102 cm³/mol. The van der Waals surface area contributed by atoms with Crippen LogP contribution in [0.15, 0.2) is 53.3 Å². The van der Waals surface area contributed by atoms with Crippen LogP contribution >= 0.6 is 0 Å². The topological polar surface area (TPSA) is 38.1 Å². The number of fused-ring (bicyclic) bond motifs is 1. The minimum Gasteiger partial charge on any atom is -0.299 e. The van der Waals surface area contributed by atoms with Gasteiger partial charge in [0.1, 0.15) is 5.82 Å². The Morgan fingerprint density at radius 3 is 2.52 bits per heavy atom. The summed E-state index contributed by atoms with van der Waals surface area (Å²) in [5, 5.41) is 0.579. The van der Waals surface area contributed by atoms with Crippen LogP contribution in [0, 0.1) is 11.8 Å². The van der Waals surface area contributed by atoms with Gasteiger partial charge < -0.3 is 0 Å². The first-order chi connectivity index (χ1) is 12.1. The fourth-order valence-corrected chi connectivity index (χ4v) is 2.75. The fraction of sp³-hybridized carbons (Fsp3) is 0.238. The predicted octanol–water partition coefficient (Wildman–Crippen LogP) is 2.86. The Balaban J connectivity index is 2.29. The molecule has 3 aromatic rings. The van der Waals surface area contributed by atoms with Crippen LogP contribution in [0.4, 0.5) is 0 Å². The minimum atomic E-state index is -0.0668. The number of rotatable bonds is 3. The zero-order valence-corrected chi connectivity index (χ0v) is 14.8. The number of aryl methyl sites for hydroxylation is 1. The second-order valence-electron chi connectivity index (χ2n) is 6.10. The highest BCUT2D eigenvalue weighted by Crippen LogP contribution is 2.16. The molecular formula is C21H21N3O. The van der Waals surface area contributed by atoms with E-state index < -0.39 is 0 Å². The van der Waals surface area contributed by atoms with Crippen LogP contribution in [0.5, 0.6) is 0 Å². The Kier molecular flexibility index (Phi) is 4.97. The summed E-state index contributed by atoms with van der Waals surface area (Å²) in [4.78, 5) is 20.0. The maximum absolute atomic E-state index is 13.3. The van der Waals surface area contributed by atoms with E-state index in [0.717, 1.165) is 17.1 Å². The van der Waals surface area contributed by atoms with Gasteiger partial charge in [0, 0.05) is 12.0 Å². The Labute approximate surface area is 147 Å². The van der Waals surface area contributed by atoms with Gasteiger partial charge >= 0.3 is 0 Å². The van der Waals surface area contributed by atoms with E-state index in [9.17, 15) is 4.79 Å². The van der Waals surface area contributed by atoms with Crippen LogP contribution in [0.2, 0.25) is 0 Å². The van der Waals surface area contributed by atoms with E-state index in [0.29, 0.717) is 23.9 Å². The zero-order valence-electron chi connectivity index (χ0n) is 14.8. The lowest BCUT2D eigenvalue weighted by molar-refractivity contribution is 0.464. The lowest BCUT2D eigenvalue weighted by Crippen LogP contribution is -2.24. The fourth-order valence-electron chi connectivity index (χ4n) is 2.75. The largest absolute Gasteiger partial charge is 0.299 e. The van der Waals surface area contributed by atoms with E-state index in [2.05, 4.69) is 11.8 Å². The maximum atomic E-state index is 13.3. The van der Waals surface area contributed by atoms with Gasteiger partial charge in [-0.15, -0.1) is 0 Å². The molecule has 0 aliphatic rings. The molecule has 0 saturated heterocycles. The molecule has 0 atom stereocenters. The second-order valence-corrected chi connectivity index (χ2v) is 6.10. The van der Waals surface area contributed by atoms with Crippen LogP contribution < -0.4 is 5.56 Å². The lowest BCUT2D eigenvalue weighted by Gasteiger charge is -2.13. The van der Waals surface area contributed by atoms with Crippen molar-refractivity contribution in [3.63, 3.8) is 0 Å². The summed E-state index contributed by atoms with van der Waals surface area (Å²) in [7, 11) is 3.94. The average Bonchev–Trinajstić information content (AvgIpc) is 2.61. The molecule has 126 valence electrons. The summed E-state index contributed by atoms with van der Waals surface area (Å²) in [6.45, 7) is 2.65. The molecule has 0 amide bonds. The summed E-state index contributed by atoms with van der Waals surface area (Å²) in [6, 6.07) is 15.3. The van der Waals surface area contributed by atoms with Crippen molar-refractivity contribution in [1.29, 1.82) is 0 Å². The van der Waals surface area contributed by atoms with Crippen molar-refractivity contribution in [1.82, 2.24) is 14.5 Å². The molecule has 4 nitrogen and oxygen atoms in total. The highest BCUT2D eigenvalue weighted by molar-refractivity contribution is 5.84. The van der Waals surface area contributed by atoms with Gasteiger partial charge in [-0.2, -0.15) is 0 Å². The van der Waals surface area contributed by atoms with E-state index in [1.807, 2.05) is 74.4 Å². The van der Waals surface area contributed by atoms with Crippen LogP contribution in [0.1, 0.15) is 18.3 Å². The first-order valence-electron chi connectivity index (χ1n) is 8.35. The summed E-state index contributed by atoms with van der Waals surface area (Å²) in [6.07, 6.45) is 0.677. The van der Waals surface area contributed by atoms with Gasteiger partial charge in [-0.3, -0.25) is 14.3 Å². The molecule has 0 aliphatic heterocycles. The number of para-hydroxylation sites is 1.